The van der Waals surface area contributed by atoms with Crippen LogP contribution in [0.5, 0.6) is 0 Å². The van der Waals surface area contributed by atoms with Gasteiger partial charge in [0, 0.05) is 11.2 Å². The van der Waals surface area contributed by atoms with Gasteiger partial charge in [0.2, 0.25) is 0 Å². The van der Waals surface area contributed by atoms with E-state index in [1.54, 1.807) is 36.4 Å². The Morgan fingerprint density at radius 1 is 1.27 bits per heavy atom. The number of benzene rings is 1. The summed E-state index contributed by atoms with van der Waals surface area (Å²) in [6, 6.07) is 10.9. The molecule has 1 aromatic carbocycles. The van der Waals surface area contributed by atoms with Gasteiger partial charge in [-0.2, -0.15) is 9.98 Å². The average Bonchev–Trinajstić information content (AvgIpc) is 2.53. The molecule has 0 aliphatic rings. The molecule has 2 aromatic rings. The highest BCUT2D eigenvalue weighted by atomic mass is 35.5. The highest BCUT2D eigenvalue weighted by Crippen LogP contribution is 2.22. The van der Waals surface area contributed by atoms with E-state index in [0.29, 0.717) is 10.6 Å². The molecule has 0 spiro atoms. The van der Waals surface area contributed by atoms with Crippen molar-refractivity contribution in [2.24, 2.45) is 5.73 Å². The van der Waals surface area contributed by atoms with Crippen LogP contribution in [0.3, 0.4) is 0 Å². The van der Waals surface area contributed by atoms with Crippen LogP contribution in [-0.4, -0.2) is 19.4 Å². The second kappa shape index (κ2) is 6.85. The molecule has 1 aromatic heterocycles. The van der Waals surface area contributed by atoms with Crippen molar-refractivity contribution in [3.8, 4) is 6.07 Å². The number of nitriles is 1. The molecule has 1 heterocycles. The first-order valence-corrected chi connectivity index (χ1v) is 8.14. The highest BCUT2D eigenvalue weighted by Gasteiger charge is 2.27. The van der Waals surface area contributed by atoms with Crippen molar-refractivity contribution in [2.75, 3.05) is 0 Å². The Balaban J connectivity index is 2.38. The molecule has 114 valence electrons. The Kier molecular flexibility index (Phi) is 5.11. The molecule has 8 heteroatoms. The van der Waals surface area contributed by atoms with Crippen LogP contribution in [0.2, 0.25) is 5.02 Å². The summed E-state index contributed by atoms with van der Waals surface area (Å²) in [4.78, 5) is 3.80. The summed E-state index contributed by atoms with van der Waals surface area (Å²) in [5, 5.41) is 9.32. The number of rotatable bonds is 5. The smallest absolute Gasteiger partial charge is 0.258 e. The lowest BCUT2D eigenvalue weighted by Crippen LogP contribution is -2.40. The minimum atomic E-state index is -3.91. The van der Waals surface area contributed by atoms with Gasteiger partial charge in [-0.3, -0.25) is 0 Å². The molecular weight excluding hydrogens is 324 g/mol. The number of hydrogen-bond acceptors (Lipinski definition) is 5. The Bertz CT molecular complexity index is 790. The van der Waals surface area contributed by atoms with E-state index in [0.717, 1.165) is 0 Å². The molecule has 0 bridgehead atoms. The van der Waals surface area contributed by atoms with Gasteiger partial charge < -0.3 is 5.73 Å². The van der Waals surface area contributed by atoms with Crippen LogP contribution in [-0.2, 0) is 10.0 Å². The van der Waals surface area contributed by atoms with Crippen molar-refractivity contribution in [1.29, 1.82) is 5.26 Å². The van der Waals surface area contributed by atoms with E-state index < -0.39 is 22.1 Å². The summed E-state index contributed by atoms with van der Waals surface area (Å²) in [5.74, 6) is 0. The third kappa shape index (κ3) is 3.81. The lowest BCUT2D eigenvalue weighted by atomic mass is 10.0. The number of aromatic nitrogens is 1. The van der Waals surface area contributed by atoms with Gasteiger partial charge in [-0.25, -0.2) is 13.4 Å². The first kappa shape index (κ1) is 16.4. The van der Waals surface area contributed by atoms with Crippen molar-refractivity contribution >= 4 is 21.6 Å². The fourth-order valence-electron chi connectivity index (χ4n) is 1.86. The lowest BCUT2D eigenvalue weighted by molar-refractivity contribution is 0.534. The maximum absolute atomic E-state index is 12.3. The Morgan fingerprint density at radius 2 is 2.05 bits per heavy atom. The molecule has 0 fully saturated rings. The van der Waals surface area contributed by atoms with Crippen molar-refractivity contribution in [3.05, 3.63) is 59.2 Å². The Hall–Kier alpha value is -1.98. The van der Waals surface area contributed by atoms with Crippen molar-refractivity contribution in [3.63, 3.8) is 0 Å². The number of pyridine rings is 1. The van der Waals surface area contributed by atoms with Gasteiger partial charge in [0.1, 0.15) is 6.04 Å². The van der Waals surface area contributed by atoms with Crippen molar-refractivity contribution in [2.45, 2.75) is 17.1 Å². The highest BCUT2D eigenvalue weighted by molar-refractivity contribution is 7.89. The summed E-state index contributed by atoms with van der Waals surface area (Å²) in [6.07, 6.45) is 1.37. The van der Waals surface area contributed by atoms with E-state index in [1.165, 1.54) is 12.3 Å². The van der Waals surface area contributed by atoms with E-state index >= 15 is 0 Å². The SMILES string of the molecule is N#C[C@H](N)[C@@H](NS(=O)(=O)c1ccccn1)c1cccc(Cl)c1. The van der Waals surface area contributed by atoms with Crippen LogP contribution in [0.1, 0.15) is 11.6 Å². The molecule has 0 aliphatic carbocycles. The maximum atomic E-state index is 12.3. The zero-order valence-corrected chi connectivity index (χ0v) is 12.9. The molecule has 2 rings (SSSR count). The van der Waals surface area contributed by atoms with Crippen LogP contribution >= 0.6 is 11.6 Å². The normalized spacial score (nSPS) is 14.0. The summed E-state index contributed by atoms with van der Waals surface area (Å²) >= 11 is 5.91. The van der Waals surface area contributed by atoms with Crippen LogP contribution in [0.15, 0.2) is 53.7 Å². The largest absolute Gasteiger partial charge is 0.314 e. The maximum Gasteiger partial charge on any atom is 0.258 e. The predicted octanol–water partition coefficient (Wildman–Crippen LogP) is 1.61. The molecular formula is C14H13ClN4O2S. The number of sulfonamides is 1. The topological polar surface area (TPSA) is 109 Å². The van der Waals surface area contributed by atoms with Gasteiger partial charge in [0.25, 0.3) is 10.0 Å². The van der Waals surface area contributed by atoms with E-state index in [4.69, 9.17) is 22.6 Å². The average molecular weight is 337 g/mol. The summed E-state index contributed by atoms with van der Waals surface area (Å²) in [6.45, 7) is 0. The molecule has 0 saturated heterocycles. The van der Waals surface area contributed by atoms with Gasteiger partial charge in [0.15, 0.2) is 5.03 Å². The molecule has 6 nitrogen and oxygen atoms in total. The minimum absolute atomic E-state index is 0.146. The molecule has 0 amide bonds. The van der Waals surface area contributed by atoms with Gasteiger partial charge >= 0.3 is 0 Å². The van der Waals surface area contributed by atoms with Crippen LogP contribution < -0.4 is 10.5 Å². The van der Waals surface area contributed by atoms with Crippen molar-refractivity contribution in [1.82, 2.24) is 9.71 Å². The molecule has 0 saturated carbocycles. The zero-order valence-electron chi connectivity index (χ0n) is 11.3. The first-order chi connectivity index (χ1) is 10.4. The number of nitrogens with two attached hydrogens (primary N) is 1. The van der Waals surface area contributed by atoms with E-state index in [-0.39, 0.29) is 5.03 Å². The predicted molar refractivity (Wildman–Crippen MR) is 82.3 cm³/mol. The number of nitrogens with one attached hydrogen (secondary N) is 1. The van der Waals surface area contributed by atoms with Gasteiger partial charge in [0.05, 0.1) is 12.1 Å². The van der Waals surface area contributed by atoms with Crippen LogP contribution in [0.25, 0.3) is 0 Å². The summed E-state index contributed by atoms with van der Waals surface area (Å²) < 4.78 is 27.1. The standard InChI is InChI=1S/C14H13ClN4O2S/c15-11-5-3-4-10(8-11)14(12(17)9-16)19-22(20,21)13-6-1-2-7-18-13/h1-8,12,14,19H,17H2/t12-,14-/m0/s1. The van der Waals surface area contributed by atoms with Gasteiger partial charge in [-0.15, -0.1) is 0 Å². The second-order valence-corrected chi connectivity index (χ2v) is 6.57. The van der Waals surface area contributed by atoms with Crippen LogP contribution in [0.4, 0.5) is 0 Å². The second-order valence-electron chi connectivity index (χ2n) is 4.48. The summed E-state index contributed by atoms with van der Waals surface area (Å²) in [5.41, 5.74) is 6.23. The fraction of sp³-hybridized carbons (Fsp3) is 0.143. The number of nitrogens with zero attached hydrogens (tertiary/aromatic N) is 2. The minimum Gasteiger partial charge on any atom is -0.314 e. The third-order valence-electron chi connectivity index (χ3n) is 2.91. The van der Waals surface area contributed by atoms with Gasteiger partial charge in [-0.05, 0) is 29.8 Å². The third-order valence-corrected chi connectivity index (χ3v) is 4.50. The van der Waals surface area contributed by atoms with E-state index in [1.807, 2.05) is 6.07 Å². The molecule has 3 N–H and O–H groups in total. The monoisotopic (exact) mass is 336 g/mol. The number of hydrogen-bond donors (Lipinski definition) is 2. The van der Waals surface area contributed by atoms with Crippen LogP contribution in [0, 0.1) is 11.3 Å². The quantitative estimate of drug-likeness (QED) is 0.862. The molecule has 2 atom stereocenters. The molecule has 22 heavy (non-hydrogen) atoms. The lowest BCUT2D eigenvalue weighted by Gasteiger charge is -2.21. The molecule has 0 radical (unpaired) electrons. The molecule has 0 aliphatic heterocycles. The Labute approximate surface area is 133 Å². The molecule has 0 unspecified atom stereocenters. The van der Waals surface area contributed by atoms with E-state index in [9.17, 15) is 8.42 Å². The number of halogens is 1. The van der Waals surface area contributed by atoms with E-state index in [2.05, 4.69) is 9.71 Å². The summed E-state index contributed by atoms with van der Waals surface area (Å²) in [7, 11) is -3.91. The first-order valence-electron chi connectivity index (χ1n) is 6.28. The Morgan fingerprint density at radius 3 is 2.64 bits per heavy atom. The zero-order chi connectivity index (χ0) is 16.2. The fourth-order valence-corrected chi connectivity index (χ4v) is 3.25. The van der Waals surface area contributed by atoms with Gasteiger partial charge in [-0.1, -0.05) is 29.8 Å². The van der Waals surface area contributed by atoms with Crippen molar-refractivity contribution < 1.29 is 8.42 Å².